The summed E-state index contributed by atoms with van der Waals surface area (Å²) in [7, 11) is 0. The Bertz CT molecular complexity index is 776. The summed E-state index contributed by atoms with van der Waals surface area (Å²) in [5.41, 5.74) is 3.43. The Morgan fingerprint density at radius 2 is 1.78 bits per heavy atom. The van der Waals surface area contributed by atoms with Gasteiger partial charge in [0.05, 0.1) is 6.42 Å². The van der Waals surface area contributed by atoms with Crippen molar-refractivity contribution in [1.82, 2.24) is 9.88 Å². The van der Waals surface area contributed by atoms with E-state index in [1.807, 2.05) is 54.4 Å². The van der Waals surface area contributed by atoms with Crippen LogP contribution in [0.3, 0.4) is 0 Å². The van der Waals surface area contributed by atoms with Crippen LogP contribution in [0.2, 0.25) is 0 Å². The number of H-pyrrole nitrogens is 1. The van der Waals surface area contributed by atoms with Gasteiger partial charge in [-0.1, -0.05) is 48.5 Å². The zero-order chi connectivity index (χ0) is 16.1. The van der Waals surface area contributed by atoms with E-state index in [1.165, 1.54) is 5.56 Å². The topological polar surface area (TPSA) is 36.1 Å². The quantitative estimate of drug-likeness (QED) is 0.739. The summed E-state index contributed by atoms with van der Waals surface area (Å²) in [4.78, 5) is 17.8. The van der Waals surface area contributed by atoms with E-state index in [4.69, 9.17) is 0 Å². The second kappa shape index (κ2) is 7.14. The van der Waals surface area contributed by atoms with E-state index in [0.717, 1.165) is 36.0 Å². The van der Waals surface area contributed by atoms with E-state index < -0.39 is 0 Å². The number of fused-ring (bicyclic) bond motifs is 1. The molecule has 0 bridgehead atoms. The zero-order valence-electron chi connectivity index (χ0n) is 13.5. The number of nitrogens with one attached hydrogen (secondary N) is 1. The molecule has 3 nitrogen and oxygen atoms in total. The molecular formula is C20H22N2O. The molecule has 3 heteroatoms. The molecule has 23 heavy (non-hydrogen) atoms. The van der Waals surface area contributed by atoms with E-state index in [-0.39, 0.29) is 5.91 Å². The molecule has 2 aromatic carbocycles. The van der Waals surface area contributed by atoms with E-state index in [2.05, 4.69) is 23.2 Å². The Labute approximate surface area is 136 Å². The lowest BCUT2D eigenvalue weighted by molar-refractivity contribution is -0.130. The lowest BCUT2D eigenvalue weighted by Gasteiger charge is -2.21. The highest BCUT2D eigenvalue weighted by Gasteiger charge is 2.14. The summed E-state index contributed by atoms with van der Waals surface area (Å²) in [6.45, 7) is 3.55. The minimum atomic E-state index is 0.188. The Hall–Kier alpha value is -2.55. The van der Waals surface area contributed by atoms with Crippen molar-refractivity contribution in [2.45, 2.75) is 19.8 Å². The maximum atomic E-state index is 12.6. The Balaban J connectivity index is 1.65. The molecule has 1 N–H and O–H groups in total. The van der Waals surface area contributed by atoms with E-state index in [9.17, 15) is 4.79 Å². The van der Waals surface area contributed by atoms with Crippen molar-refractivity contribution in [3.8, 4) is 0 Å². The van der Waals surface area contributed by atoms with Crippen molar-refractivity contribution in [2.24, 2.45) is 0 Å². The monoisotopic (exact) mass is 306 g/mol. The molecule has 0 spiro atoms. The first-order valence-corrected chi connectivity index (χ1v) is 8.14. The molecule has 0 saturated carbocycles. The van der Waals surface area contributed by atoms with Gasteiger partial charge in [-0.05, 0) is 30.5 Å². The van der Waals surface area contributed by atoms with Crippen LogP contribution in [0.15, 0.2) is 60.8 Å². The van der Waals surface area contributed by atoms with Gasteiger partial charge in [-0.25, -0.2) is 0 Å². The number of carbonyl (C=O) groups excluding carboxylic acids is 1. The number of amides is 1. The van der Waals surface area contributed by atoms with E-state index in [1.54, 1.807) is 0 Å². The highest BCUT2D eigenvalue weighted by molar-refractivity contribution is 5.88. The normalized spacial score (nSPS) is 10.8. The number of likely N-dealkylation sites (N-methyl/N-ethyl adjacent to an activating group) is 1. The molecule has 0 fully saturated rings. The number of nitrogens with zero attached hydrogens (tertiary/aromatic N) is 1. The molecular weight excluding hydrogens is 284 g/mol. The molecule has 0 saturated heterocycles. The van der Waals surface area contributed by atoms with E-state index in [0.29, 0.717) is 6.42 Å². The first kappa shape index (κ1) is 15.3. The third-order valence-electron chi connectivity index (χ3n) is 4.26. The molecule has 1 aromatic heterocycles. The fourth-order valence-corrected chi connectivity index (χ4v) is 2.92. The van der Waals surface area contributed by atoms with Crippen LogP contribution in [0.4, 0.5) is 0 Å². The summed E-state index contributed by atoms with van der Waals surface area (Å²) < 4.78 is 0. The minimum Gasteiger partial charge on any atom is -0.361 e. The molecule has 0 aliphatic rings. The summed E-state index contributed by atoms with van der Waals surface area (Å²) in [6.07, 6.45) is 3.30. The Morgan fingerprint density at radius 3 is 2.57 bits per heavy atom. The lowest BCUT2D eigenvalue weighted by atomic mass is 10.1. The molecule has 0 aliphatic heterocycles. The van der Waals surface area contributed by atoms with Gasteiger partial charge in [-0.2, -0.15) is 0 Å². The Kier molecular flexibility index (Phi) is 4.77. The third-order valence-corrected chi connectivity index (χ3v) is 4.26. The largest absolute Gasteiger partial charge is 0.361 e. The van der Waals surface area contributed by atoms with E-state index >= 15 is 0 Å². The van der Waals surface area contributed by atoms with Gasteiger partial charge in [0.1, 0.15) is 0 Å². The van der Waals surface area contributed by atoms with Gasteiger partial charge in [-0.15, -0.1) is 0 Å². The number of aromatic amines is 1. The van der Waals surface area contributed by atoms with Crippen LogP contribution in [-0.2, 0) is 17.6 Å². The average molecular weight is 306 g/mol. The number of para-hydroxylation sites is 1. The molecule has 118 valence electrons. The van der Waals surface area contributed by atoms with Gasteiger partial charge in [0, 0.05) is 30.2 Å². The molecule has 0 radical (unpaired) electrons. The highest BCUT2D eigenvalue weighted by Crippen LogP contribution is 2.18. The van der Waals surface area contributed by atoms with Crippen molar-refractivity contribution in [3.05, 3.63) is 71.9 Å². The SMILES string of the molecule is CCN(CCc1ccccc1)C(=O)Cc1c[nH]c2ccccc12. The molecule has 0 unspecified atom stereocenters. The first-order valence-electron chi connectivity index (χ1n) is 8.14. The van der Waals surface area contributed by atoms with Crippen LogP contribution in [0.1, 0.15) is 18.1 Å². The predicted molar refractivity (Wildman–Crippen MR) is 94.4 cm³/mol. The van der Waals surface area contributed by atoms with Gasteiger partial charge in [0.15, 0.2) is 0 Å². The standard InChI is InChI=1S/C20H22N2O/c1-2-22(13-12-16-8-4-3-5-9-16)20(23)14-17-15-21-19-11-7-6-10-18(17)19/h3-11,15,21H,2,12-14H2,1H3. The van der Waals surface area contributed by atoms with Crippen molar-refractivity contribution in [1.29, 1.82) is 0 Å². The molecule has 3 rings (SSSR count). The minimum absolute atomic E-state index is 0.188. The van der Waals surface area contributed by atoms with Crippen molar-refractivity contribution >= 4 is 16.8 Å². The number of aromatic nitrogens is 1. The first-order chi connectivity index (χ1) is 11.3. The number of carbonyl (C=O) groups is 1. The van der Waals surface area contributed by atoms with Gasteiger partial charge in [-0.3, -0.25) is 4.79 Å². The van der Waals surface area contributed by atoms with Crippen molar-refractivity contribution in [2.75, 3.05) is 13.1 Å². The highest BCUT2D eigenvalue weighted by atomic mass is 16.2. The average Bonchev–Trinajstić information content (AvgIpc) is 2.99. The fraction of sp³-hybridized carbons (Fsp3) is 0.250. The third kappa shape index (κ3) is 3.62. The van der Waals surface area contributed by atoms with Crippen LogP contribution < -0.4 is 0 Å². The summed E-state index contributed by atoms with van der Waals surface area (Å²) in [6, 6.07) is 18.4. The number of benzene rings is 2. The predicted octanol–water partition coefficient (Wildman–Crippen LogP) is 3.80. The molecule has 0 atom stereocenters. The molecule has 1 heterocycles. The van der Waals surface area contributed by atoms with Crippen LogP contribution in [0.25, 0.3) is 10.9 Å². The summed E-state index contributed by atoms with van der Waals surface area (Å²) in [5.74, 6) is 0.188. The summed E-state index contributed by atoms with van der Waals surface area (Å²) >= 11 is 0. The van der Waals surface area contributed by atoms with Crippen LogP contribution >= 0.6 is 0 Å². The second-order valence-corrected chi connectivity index (χ2v) is 5.75. The van der Waals surface area contributed by atoms with Gasteiger partial charge >= 0.3 is 0 Å². The maximum absolute atomic E-state index is 12.6. The number of hydrogen-bond acceptors (Lipinski definition) is 1. The van der Waals surface area contributed by atoms with Crippen LogP contribution in [-0.4, -0.2) is 28.9 Å². The summed E-state index contributed by atoms with van der Waals surface area (Å²) in [5, 5.41) is 1.14. The van der Waals surface area contributed by atoms with Gasteiger partial charge in [0.2, 0.25) is 5.91 Å². The Morgan fingerprint density at radius 1 is 1.04 bits per heavy atom. The van der Waals surface area contributed by atoms with Crippen LogP contribution in [0, 0.1) is 0 Å². The lowest BCUT2D eigenvalue weighted by Crippen LogP contribution is -2.33. The molecule has 0 aliphatic carbocycles. The van der Waals surface area contributed by atoms with Crippen molar-refractivity contribution in [3.63, 3.8) is 0 Å². The fourth-order valence-electron chi connectivity index (χ4n) is 2.92. The van der Waals surface area contributed by atoms with Crippen molar-refractivity contribution < 1.29 is 4.79 Å². The number of hydrogen-bond donors (Lipinski definition) is 1. The molecule has 3 aromatic rings. The smallest absolute Gasteiger partial charge is 0.227 e. The van der Waals surface area contributed by atoms with Gasteiger partial charge < -0.3 is 9.88 Å². The van der Waals surface area contributed by atoms with Crippen LogP contribution in [0.5, 0.6) is 0 Å². The van der Waals surface area contributed by atoms with Gasteiger partial charge in [0.25, 0.3) is 0 Å². The second-order valence-electron chi connectivity index (χ2n) is 5.75. The number of rotatable bonds is 6. The molecule has 1 amide bonds. The maximum Gasteiger partial charge on any atom is 0.227 e. The zero-order valence-corrected chi connectivity index (χ0v) is 13.5.